The van der Waals surface area contributed by atoms with E-state index >= 15 is 0 Å². The van der Waals surface area contributed by atoms with E-state index < -0.39 is 0 Å². The number of piperidine rings is 1. The molecule has 0 saturated carbocycles. The second-order valence-electron chi connectivity index (χ2n) is 5.66. The van der Waals surface area contributed by atoms with Crippen LogP contribution in [0.3, 0.4) is 0 Å². The maximum absolute atomic E-state index is 11.5. The SMILES string of the molecule is CC1CC(=O)CCN1c1cccc2c1CCCC2. The standard InChI is InChI=1S/C16H21NO/c1-12-11-14(18)9-10-17(12)16-8-4-6-13-5-2-3-7-15(13)16/h4,6,8,12H,2-3,5,7,9-11H2,1H3. The van der Waals surface area contributed by atoms with Crippen LogP contribution in [0.2, 0.25) is 0 Å². The van der Waals surface area contributed by atoms with Gasteiger partial charge in [0.25, 0.3) is 0 Å². The monoisotopic (exact) mass is 243 g/mol. The first-order chi connectivity index (χ1) is 8.75. The summed E-state index contributed by atoms with van der Waals surface area (Å²) in [5.74, 6) is 0.420. The normalized spacial score (nSPS) is 23.9. The lowest BCUT2D eigenvalue weighted by Gasteiger charge is -2.37. The number of aryl methyl sites for hydroxylation is 1. The number of hydrogen-bond acceptors (Lipinski definition) is 2. The van der Waals surface area contributed by atoms with Crippen molar-refractivity contribution >= 4 is 11.5 Å². The van der Waals surface area contributed by atoms with Crippen molar-refractivity contribution in [2.45, 2.75) is 51.5 Å². The van der Waals surface area contributed by atoms with E-state index in [1.807, 2.05) is 0 Å². The summed E-state index contributed by atoms with van der Waals surface area (Å²) in [6.45, 7) is 3.08. The second kappa shape index (κ2) is 4.75. The fraction of sp³-hybridized carbons (Fsp3) is 0.562. The maximum Gasteiger partial charge on any atom is 0.136 e. The molecule has 2 aliphatic rings. The molecule has 3 rings (SSSR count). The van der Waals surface area contributed by atoms with E-state index in [4.69, 9.17) is 0 Å². The number of nitrogens with zero attached hydrogens (tertiary/aromatic N) is 1. The molecule has 0 amide bonds. The number of carbonyl (C=O) groups is 1. The van der Waals surface area contributed by atoms with Crippen molar-refractivity contribution in [3.8, 4) is 0 Å². The third kappa shape index (κ3) is 2.05. The Morgan fingerprint density at radius 2 is 2.00 bits per heavy atom. The van der Waals surface area contributed by atoms with Gasteiger partial charge in [-0.2, -0.15) is 0 Å². The smallest absolute Gasteiger partial charge is 0.136 e. The van der Waals surface area contributed by atoms with Crippen LogP contribution in [0.4, 0.5) is 5.69 Å². The molecular formula is C16H21NO. The van der Waals surface area contributed by atoms with E-state index in [1.165, 1.54) is 36.9 Å². The lowest BCUT2D eigenvalue weighted by Crippen LogP contribution is -2.41. The van der Waals surface area contributed by atoms with E-state index in [-0.39, 0.29) is 0 Å². The third-order valence-electron chi connectivity index (χ3n) is 4.37. The van der Waals surface area contributed by atoms with Crippen molar-refractivity contribution in [2.75, 3.05) is 11.4 Å². The van der Waals surface area contributed by atoms with E-state index in [9.17, 15) is 4.79 Å². The molecule has 0 spiro atoms. The Morgan fingerprint density at radius 3 is 2.83 bits per heavy atom. The zero-order valence-corrected chi connectivity index (χ0v) is 11.1. The van der Waals surface area contributed by atoms with Gasteiger partial charge in [-0.05, 0) is 49.8 Å². The zero-order valence-electron chi connectivity index (χ0n) is 11.1. The molecule has 1 aliphatic carbocycles. The summed E-state index contributed by atoms with van der Waals surface area (Å²) in [7, 11) is 0. The lowest BCUT2D eigenvalue weighted by atomic mass is 9.89. The molecule has 96 valence electrons. The van der Waals surface area contributed by atoms with Crippen LogP contribution < -0.4 is 4.90 Å². The van der Waals surface area contributed by atoms with E-state index in [2.05, 4.69) is 30.0 Å². The van der Waals surface area contributed by atoms with Gasteiger partial charge in [-0.3, -0.25) is 4.79 Å². The quantitative estimate of drug-likeness (QED) is 0.755. The Kier molecular flexibility index (Phi) is 3.11. The van der Waals surface area contributed by atoms with Gasteiger partial charge in [-0.15, -0.1) is 0 Å². The number of hydrogen-bond donors (Lipinski definition) is 0. The minimum Gasteiger partial charge on any atom is -0.368 e. The van der Waals surface area contributed by atoms with E-state index in [1.54, 1.807) is 5.56 Å². The van der Waals surface area contributed by atoms with Gasteiger partial charge in [0.15, 0.2) is 0 Å². The Hall–Kier alpha value is -1.31. The molecule has 0 radical (unpaired) electrons. The summed E-state index contributed by atoms with van der Waals surface area (Å²) in [6.07, 6.45) is 6.50. The summed E-state index contributed by atoms with van der Waals surface area (Å²) in [5, 5.41) is 0. The highest BCUT2D eigenvalue weighted by molar-refractivity contribution is 5.82. The highest BCUT2D eigenvalue weighted by Crippen LogP contribution is 2.33. The molecule has 1 heterocycles. The maximum atomic E-state index is 11.5. The lowest BCUT2D eigenvalue weighted by molar-refractivity contribution is -0.120. The van der Waals surface area contributed by atoms with Crippen molar-refractivity contribution in [1.82, 2.24) is 0 Å². The van der Waals surface area contributed by atoms with Crippen LogP contribution in [-0.2, 0) is 17.6 Å². The fourth-order valence-electron chi connectivity index (χ4n) is 3.40. The van der Waals surface area contributed by atoms with Crippen LogP contribution >= 0.6 is 0 Å². The zero-order chi connectivity index (χ0) is 12.5. The highest BCUT2D eigenvalue weighted by Gasteiger charge is 2.26. The van der Waals surface area contributed by atoms with Crippen LogP contribution in [0, 0.1) is 0 Å². The fourth-order valence-corrected chi connectivity index (χ4v) is 3.40. The Bertz CT molecular complexity index is 466. The second-order valence-corrected chi connectivity index (χ2v) is 5.66. The molecule has 1 aromatic rings. The average Bonchev–Trinajstić information content (AvgIpc) is 2.38. The van der Waals surface area contributed by atoms with E-state index in [0.717, 1.165) is 6.54 Å². The number of carbonyl (C=O) groups excluding carboxylic acids is 1. The number of Topliss-reactive ketones (excluding diaryl/α,β-unsaturated/α-hetero) is 1. The first kappa shape index (κ1) is 11.8. The van der Waals surface area contributed by atoms with Gasteiger partial charge in [0.05, 0.1) is 0 Å². The van der Waals surface area contributed by atoms with Crippen LogP contribution in [-0.4, -0.2) is 18.4 Å². The van der Waals surface area contributed by atoms with Crippen molar-refractivity contribution in [1.29, 1.82) is 0 Å². The third-order valence-corrected chi connectivity index (χ3v) is 4.37. The molecule has 18 heavy (non-hydrogen) atoms. The van der Waals surface area contributed by atoms with E-state index in [0.29, 0.717) is 24.7 Å². The number of fused-ring (bicyclic) bond motifs is 1. The predicted molar refractivity (Wildman–Crippen MR) is 74.1 cm³/mol. The molecule has 1 saturated heterocycles. The number of anilines is 1. The first-order valence-corrected chi connectivity index (χ1v) is 7.15. The molecule has 1 aromatic carbocycles. The van der Waals surface area contributed by atoms with Crippen molar-refractivity contribution in [3.63, 3.8) is 0 Å². The highest BCUT2D eigenvalue weighted by atomic mass is 16.1. The van der Waals surface area contributed by atoms with Gasteiger partial charge in [0.1, 0.15) is 5.78 Å². The van der Waals surface area contributed by atoms with Crippen LogP contribution in [0.15, 0.2) is 18.2 Å². The van der Waals surface area contributed by atoms with Gasteiger partial charge >= 0.3 is 0 Å². The van der Waals surface area contributed by atoms with Gasteiger partial charge in [0.2, 0.25) is 0 Å². The molecule has 1 unspecified atom stereocenters. The van der Waals surface area contributed by atoms with Crippen molar-refractivity contribution < 1.29 is 4.79 Å². The molecule has 2 heteroatoms. The number of benzene rings is 1. The molecule has 1 aliphatic heterocycles. The molecule has 2 nitrogen and oxygen atoms in total. The van der Waals surface area contributed by atoms with Crippen LogP contribution in [0.5, 0.6) is 0 Å². The van der Waals surface area contributed by atoms with Crippen LogP contribution in [0.25, 0.3) is 0 Å². The first-order valence-electron chi connectivity index (χ1n) is 7.15. The molecular weight excluding hydrogens is 222 g/mol. The van der Waals surface area contributed by atoms with Crippen LogP contribution in [0.1, 0.15) is 43.7 Å². The van der Waals surface area contributed by atoms with Gasteiger partial charge in [-0.25, -0.2) is 0 Å². The summed E-state index contributed by atoms with van der Waals surface area (Å²) < 4.78 is 0. The number of rotatable bonds is 1. The summed E-state index contributed by atoms with van der Waals surface area (Å²) in [5.41, 5.74) is 4.47. The minimum absolute atomic E-state index is 0.361. The molecule has 1 atom stereocenters. The molecule has 0 bridgehead atoms. The average molecular weight is 243 g/mol. The predicted octanol–water partition coefficient (Wildman–Crippen LogP) is 3.12. The van der Waals surface area contributed by atoms with Crippen molar-refractivity contribution in [2.24, 2.45) is 0 Å². The van der Waals surface area contributed by atoms with Crippen molar-refractivity contribution in [3.05, 3.63) is 29.3 Å². The summed E-state index contributed by atoms with van der Waals surface area (Å²) >= 11 is 0. The number of ketones is 1. The van der Waals surface area contributed by atoms with Gasteiger partial charge < -0.3 is 4.90 Å². The summed E-state index contributed by atoms with van der Waals surface area (Å²) in [4.78, 5) is 14.0. The molecule has 0 N–H and O–H groups in total. The molecule has 1 fully saturated rings. The summed E-state index contributed by atoms with van der Waals surface area (Å²) in [6, 6.07) is 7.07. The topological polar surface area (TPSA) is 20.3 Å². The van der Waals surface area contributed by atoms with Gasteiger partial charge in [0, 0.05) is 31.1 Å². The Morgan fingerprint density at radius 1 is 1.17 bits per heavy atom. The minimum atomic E-state index is 0.361. The Labute approximate surface area is 109 Å². The molecule has 0 aromatic heterocycles. The van der Waals surface area contributed by atoms with Gasteiger partial charge in [-0.1, -0.05) is 12.1 Å². The Balaban J connectivity index is 1.94. The largest absolute Gasteiger partial charge is 0.368 e.